The zero-order valence-corrected chi connectivity index (χ0v) is 82.0. The molecule has 8 heteroatoms. The van der Waals surface area contributed by atoms with Crippen LogP contribution in [0.5, 0.6) is 0 Å². The summed E-state index contributed by atoms with van der Waals surface area (Å²) < 4.78 is 19.1. The van der Waals surface area contributed by atoms with Crippen LogP contribution in [0.15, 0.2) is 577 Å². The first-order chi connectivity index (χ1) is 73.3. The van der Waals surface area contributed by atoms with Gasteiger partial charge in [0.15, 0.2) is 8.07 Å². The Morgan fingerprint density at radius 1 is 0.196 bits per heavy atom. The molecule has 0 atom stereocenters. The number of hydrogen-bond donors (Lipinski definition) is 0. The first-order valence-electron chi connectivity index (χ1n) is 50.3. The third-order valence-corrected chi connectivity index (χ3v) is 33.7. The van der Waals surface area contributed by atoms with E-state index in [4.69, 9.17) is 13.3 Å². The Morgan fingerprint density at radius 3 is 0.770 bits per heavy atom. The third-order valence-electron chi connectivity index (χ3n) is 28.9. The molecule has 3 aromatic heterocycles. The summed E-state index contributed by atoms with van der Waals surface area (Å²) in [5.74, 6) is 0. The first-order valence-corrected chi connectivity index (χ1v) is 52.3. The van der Waals surface area contributed by atoms with E-state index in [9.17, 15) is 5.26 Å². The zero-order chi connectivity index (χ0) is 98.6. The maximum absolute atomic E-state index is 9.33. The van der Waals surface area contributed by atoms with Gasteiger partial charge in [-0.05, 0) is 250 Å². The van der Waals surface area contributed by atoms with Crippen molar-refractivity contribution in [1.82, 2.24) is 0 Å². The molecule has 7 nitrogen and oxygen atoms in total. The van der Waals surface area contributed by atoms with Gasteiger partial charge in [-0.3, -0.25) is 0 Å². The molecule has 0 amide bonds. The lowest BCUT2D eigenvalue weighted by atomic mass is 9.88. The number of anilines is 9. The average molecular weight is 1910 g/mol. The van der Waals surface area contributed by atoms with E-state index in [0.717, 1.165) is 157 Å². The molecule has 0 unspecified atom stereocenters. The quantitative estimate of drug-likeness (QED) is 0.0556. The molecule has 0 spiro atoms. The number of nitrogens with zero attached hydrogens (tertiary/aromatic N) is 4. The van der Waals surface area contributed by atoms with Gasteiger partial charge < -0.3 is 28.0 Å². The van der Waals surface area contributed by atoms with Crippen LogP contribution < -0.4 is 35.4 Å². The smallest absolute Gasteiger partial charge is 0.179 e. The molecule has 0 bridgehead atoms. The Hall–Kier alpha value is -19.4. The molecule has 0 saturated heterocycles. The maximum Gasteiger partial charge on any atom is 0.179 e. The van der Waals surface area contributed by atoms with Crippen molar-refractivity contribution < 1.29 is 13.3 Å². The van der Waals surface area contributed by atoms with Crippen LogP contribution in [-0.4, -0.2) is 8.07 Å². The summed E-state index contributed by atoms with van der Waals surface area (Å²) in [5, 5.41) is 24.2. The molecule has 698 valence electrons. The van der Waals surface area contributed by atoms with Gasteiger partial charge in [0.05, 0.1) is 11.6 Å². The highest BCUT2D eigenvalue weighted by Gasteiger charge is 2.42. The third kappa shape index (κ3) is 17.2. The zero-order valence-electron chi connectivity index (χ0n) is 81.0. The van der Waals surface area contributed by atoms with Crippen molar-refractivity contribution in [2.45, 2.75) is 6.42 Å². The average Bonchev–Trinajstić information content (AvgIpc) is 0.925. The van der Waals surface area contributed by atoms with Gasteiger partial charge in [-0.15, -0.1) is 0 Å². The summed E-state index contributed by atoms with van der Waals surface area (Å²) >= 11 is 0. The number of benzene rings is 23. The van der Waals surface area contributed by atoms with Gasteiger partial charge in [0.1, 0.15) is 33.5 Å². The lowest BCUT2D eigenvalue weighted by Gasteiger charge is -2.35. The number of fused-ring (bicyclic) bond motifs is 9. The van der Waals surface area contributed by atoms with Crippen molar-refractivity contribution in [3.05, 3.63) is 581 Å². The number of rotatable bonds is 20. The van der Waals surface area contributed by atoms with E-state index in [0.29, 0.717) is 5.56 Å². The lowest BCUT2D eigenvalue weighted by Crippen LogP contribution is -2.74. The molecule has 1 aliphatic carbocycles. The molecule has 26 aromatic rings. The van der Waals surface area contributed by atoms with E-state index in [1.54, 1.807) is 0 Å². The Kier molecular flexibility index (Phi) is 24.2. The van der Waals surface area contributed by atoms with Gasteiger partial charge in [-0.25, -0.2) is 0 Å². The van der Waals surface area contributed by atoms with Crippen LogP contribution >= 0.6 is 0 Å². The number of nitriles is 1. The molecular formula is C140H96N4O3Si. The summed E-state index contributed by atoms with van der Waals surface area (Å²) in [4.78, 5) is 6.91. The fraction of sp³-hybridized carbons (Fsp3) is 0.00714. The van der Waals surface area contributed by atoms with Gasteiger partial charge in [-0.1, -0.05) is 431 Å². The van der Waals surface area contributed by atoms with Gasteiger partial charge in [0.2, 0.25) is 0 Å². The second-order valence-corrected chi connectivity index (χ2v) is 41.3. The van der Waals surface area contributed by atoms with Crippen molar-refractivity contribution in [1.29, 1.82) is 5.26 Å². The molecule has 0 aliphatic heterocycles. The number of para-hydroxylation sites is 6. The number of hydrogen-bond acceptors (Lipinski definition) is 7. The largest absolute Gasteiger partial charge is 0.455 e. The molecule has 0 saturated carbocycles. The van der Waals surface area contributed by atoms with Gasteiger partial charge in [-0.2, -0.15) is 5.26 Å². The molecule has 0 N–H and O–H groups in total. The minimum Gasteiger partial charge on any atom is -0.455 e. The summed E-state index contributed by atoms with van der Waals surface area (Å²) in [6.45, 7) is 0. The fourth-order valence-electron chi connectivity index (χ4n) is 21.7. The Morgan fingerprint density at radius 2 is 0.446 bits per heavy atom. The molecule has 0 fully saturated rings. The van der Waals surface area contributed by atoms with Crippen LogP contribution in [0, 0.1) is 11.3 Å². The Balaban J connectivity index is 0.000000117. The highest BCUT2D eigenvalue weighted by atomic mass is 28.3. The minimum atomic E-state index is -2.67. The number of furan rings is 3. The standard InChI is InChI=1S/C54H39NOSi.C49H33NO.C37H24N2O/c1-5-16-40(17-6-1)41-28-32-43(33-29-41)55(44-34-30-42(31-35-44)50-25-15-26-52-51-24-13-14-27-53(51)56-54(50)52)45-36-38-49(39-37-45)57(46-18-7-2-8-19-46,47-20-9-3-10-21-47)48-22-11-4-12-23-48;1-2-9-33(10-3-1)34-19-26-39(27-20-34)50(40-28-21-35(22-29-40)42-32-25-38-12-6-11-37-13-7-16-45(42)48(37)38)41-30-23-36(24-31-41)43-15-8-17-46-44-14-4-5-18-47(44)51-49(43)46;38-25-26-13-19-30(20-14-26)39(31-21-15-28(16-22-31)27-7-2-1-3-8-27)32-23-17-29(18-24-32)33-10-6-11-35-34-9-4-5-12-36(34)40-37(33)35/h1-39H;1-10,12-32H,11H2;1-24H. The van der Waals surface area contributed by atoms with E-state index in [-0.39, 0.29) is 0 Å². The van der Waals surface area contributed by atoms with Crippen LogP contribution in [0.1, 0.15) is 16.7 Å². The second kappa shape index (κ2) is 39.8. The van der Waals surface area contributed by atoms with E-state index in [1.807, 2.05) is 72.8 Å². The molecule has 1 aliphatic rings. The second-order valence-electron chi connectivity index (χ2n) is 37.5. The van der Waals surface area contributed by atoms with Crippen LogP contribution in [0.2, 0.25) is 0 Å². The summed E-state index contributed by atoms with van der Waals surface area (Å²) in [6, 6.07) is 201. The highest BCUT2D eigenvalue weighted by molar-refractivity contribution is 7.20. The maximum atomic E-state index is 9.33. The topological polar surface area (TPSA) is 72.9 Å². The van der Waals surface area contributed by atoms with Crippen molar-refractivity contribution in [2.75, 3.05) is 14.7 Å². The monoisotopic (exact) mass is 1910 g/mol. The van der Waals surface area contributed by atoms with Crippen LogP contribution in [0.25, 0.3) is 161 Å². The van der Waals surface area contributed by atoms with E-state index >= 15 is 0 Å². The van der Waals surface area contributed by atoms with Gasteiger partial charge >= 0.3 is 0 Å². The summed E-state index contributed by atoms with van der Waals surface area (Å²) in [7, 11) is -2.67. The molecule has 148 heavy (non-hydrogen) atoms. The molecule has 23 aromatic carbocycles. The predicted octanol–water partition coefficient (Wildman–Crippen LogP) is 35.8. The van der Waals surface area contributed by atoms with E-state index in [2.05, 4.69) is 518 Å². The van der Waals surface area contributed by atoms with Gasteiger partial charge in [0.25, 0.3) is 0 Å². The van der Waals surface area contributed by atoms with Crippen molar-refractivity contribution in [3.8, 4) is 84.0 Å². The van der Waals surface area contributed by atoms with E-state index < -0.39 is 8.07 Å². The van der Waals surface area contributed by atoms with Crippen molar-refractivity contribution in [2.24, 2.45) is 0 Å². The Labute approximate surface area is 860 Å². The number of allylic oxidation sites excluding steroid dienone is 1. The minimum absolute atomic E-state index is 0.636. The summed E-state index contributed by atoms with van der Waals surface area (Å²) in [5.41, 5.74) is 34.6. The highest BCUT2D eigenvalue weighted by Crippen LogP contribution is 2.47. The van der Waals surface area contributed by atoms with Crippen LogP contribution in [-0.2, 0) is 6.42 Å². The van der Waals surface area contributed by atoms with Crippen LogP contribution in [0.4, 0.5) is 51.2 Å². The SMILES string of the molecule is C1=Cc2ccc(-c3ccc(N(c4ccc(-c5ccccc5)cc4)c4ccc(-c5cccc6c5oc5ccccc56)cc4)cc3)c3cccc(c23)C1.N#Cc1ccc(N(c2ccc(-c3ccccc3)cc2)c2ccc(-c3cccc4c3oc3ccccc34)cc2)cc1.c1ccc(-c2ccc(N(c3ccc(-c4cccc5c4oc4ccccc45)cc3)c3ccc([Si](c4ccccc4)(c4ccccc4)c4ccccc4)cc3)cc2)cc1. The molecular weight excluding hydrogens is 1810 g/mol. The van der Waals surface area contributed by atoms with Crippen LogP contribution in [0.3, 0.4) is 0 Å². The predicted molar refractivity (Wildman–Crippen MR) is 622 cm³/mol. The van der Waals surface area contributed by atoms with Gasteiger partial charge in [0, 0.05) is 100 Å². The normalized spacial score (nSPS) is 11.6. The van der Waals surface area contributed by atoms with Crippen molar-refractivity contribution >= 4 is 163 Å². The lowest BCUT2D eigenvalue weighted by molar-refractivity contribution is 0.669. The van der Waals surface area contributed by atoms with Crippen molar-refractivity contribution in [3.63, 3.8) is 0 Å². The molecule has 3 heterocycles. The molecule has 27 rings (SSSR count). The fourth-order valence-corrected chi connectivity index (χ4v) is 26.5. The molecule has 0 radical (unpaired) electrons. The first kappa shape index (κ1) is 89.9. The van der Waals surface area contributed by atoms with E-state index in [1.165, 1.54) is 87.2 Å². The summed E-state index contributed by atoms with van der Waals surface area (Å²) in [6.07, 6.45) is 5.50. The Bertz CT molecular complexity index is 9250.